The third-order valence-corrected chi connectivity index (χ3v) is 2.37. The molecule has 1 rings (SSSR count). The van der Waals surface area contributed by atoms with E-state index in [2.05, 4.69) is 6.58 Å². The third-order valence-electron chi connectivity index (χ3n) is 2.37. The van der Waals surface area contributed by atoms with E-state index in [1.807, 2.05) is 33.8 Å². The van der Waals surface area contributed by atoms with E-state index in [-0.39, 0.29) is 12.1 Å². The molecule has 0 N–H and O–H groups in total. The summed E-state index contributed by atoms with van der Waals surface area (Å²) in [6.45, 7) is 12.9. The lowest BCUT2D eigenvalue weighted by Crippen LogP contribution is -2.13. The normalized spacial score (nSPS) is 10.3. The Hall–Kier alpha value is -1.77. The summed E-state index contributed by atoms with van der Waals surface area (Å²) in [6, 6.07) is 3.62. The molecule has 1 aromatic rings. The summed E-state index contributed by atoms with van der Waals surface area (Å²) >= 11 is 0. The highest BCUT2D eigenvalue weighted by atomic mass is 16.5. The summed E-state index contributed by atoms with van der Waals surface area (Å²) in [4.78, 5) is 11.9. The topological polar surface area (TPSA) is 35.5 Å². The molecule has 0 radical (unpaired) electrons. The SMILES string of the molecule is C=C(C)Oc1cc(C)c(C(=O)OC(C)C)cc1C. The molecule has 1 aromatic carbocycles. The van der Waals surface area contributed by atoms with Crippen LogP contribution in [-0.4, -0.2) is 12.1 Å². The predicted molar refractivity (Wildman–Crippen MR) is 71.9 cm³/mol. The van der Waals surface area contributed by atoms with Gasteiger partial charge < -0.3 is 9.47 Å². The second-order valence-corrected chi connectivity index (χ2v) is 4.69. The number of carbonyl (C=O) groups excluding carboxylic acids is 1. The van der Waals surface area contributed by atoms with Crippen LogP contribution < -0.4 is 4.74 Å². The summed E-state index contributed by atoms with van der Waals surface area (Å²) in [7, 11) is 0. The van der Waals surface area contributed by atoms with Crippen molar-refractivity contribution >= 4 is 5.97 Å². The van der Waals surface area contributed by atoms with Crippen molar-refractivity contribution in [2.75, 3.05) is 0 Å². The standard InChI is InChI=1S/C15H20O3/c1-9(2)17-14-8-11(5)13(7-12(14)6)15(16)18-10(3)4/h7-8,10H,1H2,2-6H3. The van der Waals surface area contributed by atoms with E-state index in [1.54, 1.807) is 13.0 Å². The van der Waals surface area contributed by atoms with Gasteiger partial charge in [-0.3, -0.25) is 0 Å². The van der Waals surface area contributed by atoms with Crippen LogP contribution in [0.1, 0.15) is 42.3 Å². The van der Waals surface area contributed by atoms with Gasteiger partial charge in [-0.1, -0.05) is 6.58 Å². The molecule has 0 aliphatic rings. The van der Waals surface area contributed by atoms with E-state index >= 15 is 0 Å². The molecule has 0 unspecified atom stereocenters. The summed E-state index contributed by atoms with van der Waals surface area (Å²) in [6.07, 6.45) is -0.122. The van der Waals surface area contributed by atoms with Crippen molar-refractivity contribution in [3.05, 3.63) is 41.2 Å². The number of aryl methyl sites for hydroxylation is 2. The first-order valence-electron chi connectivity index (χ1n) is 5.97. The summed E-state index contributed by atoms with van der Waals surface area (Å²) < 4.78 is 10.7. The van der Waals surface area contributed by atoms with E-state index in [4.69, 9.17) is 9.47 Å². The second-order valence-electron chi connectivity index (χ2n) is 4.69. The van der Waals surface area contributed by atoms with Crippen molar-refractivity contribution < 1.29 is 14.3 Å². The minimum atomic E-state index is -0.299. The summed E-state index contributed by atoms with van der Waals surface area (Å²) in [5, 5.41) is 0. The molecule has 18 heavy (non-hydrogen) atoms. The zero-order valence-electron chi connectivity index (χ0n) is 11.7. The average molecular weight is 248 g/mol. The van der Waals surface area contributed by atoms with E-state index < -0.39 is 0 Å². The first-order chi connectivity index (χ1) is 8.31. The zero-order chi connectivity index (χ0) is 13.9. The van der Waals surface area contributed by atoms with Crippen LogP contribution in [0.15, 0.2) is 24.5 Å². The van der Waals surface area contributed by atoms with Crippen LogP contribution in [0, 0.1) is 13.8 Å². The quantitative estimate of drug-likeness (QED) is 0.601. The molecule has 98 valence electrons. The number of esters is 1. The van der Waals surface area contributed by atoms with E-state index in [0.29, 0.717) is 11.3 Å². The van der Waals surface area contributed by atoms with Gasteiger partial charge in [-0.15, -0.1) is 0 Å². The number of ether oxygens (including phenoxy) is 2. The third kappa shape index (κ3) is 3.62. The van der Waals surface area contributed by atoms with Gasteiger partial charge in [-0.05, 0) is 57.9 Å². The molecule has 0 saturated carbocycles. The van der Waals surface area contributed by atoms with Crippen LogP contribution in [-0.2, 0) is 4.74 Å². The molecule has 0 saturated heterocycles. The Morgan fingerprint density at radius 3 is 2.33 bits per heavy atom. The van der Waals surface area contributed by atoms with Crippen molar-refractivity contribution in [3.8, 4) is 5.75 Å². The van der Waals surface area contributed by atoms with Crippen LogP contribution in [0.25, 0.3) is 0 Å². The Kier molecular flexibility index (Phi) is 4.54. The summed E-state index contributed by atoms with van der Waals surface area (Å²) in [5.74, 6) is 1.04. The number of hydrogen-bond donors (Lipinski definition) is 0. The van der Waals surface area contributed by atoms with Crippen molar-refractivity contribution in [2.24, 2.45) is 0 Å². The van der Waals surface area contributed by atoms with Gasteiger partial charge in [0.15, 0.2) is 0 Å². The maximum atomic E-state index is 11.9. The van der Waals surface area contributed by atoms with Gasteiger partial charge in [-0.2, -0.15) is 0 Å². The Morgan fingerprint density at radius 1 is 1.22 bits per heavy atom. The van der Waals surface area contributed by atoms with Crippen molar-refractivity contribution in [3.63, 3.8) is 0 Å². The molecule has 0 atom stereocenters. The first kappa shape index (κ1) is 14.3. The van der Waals surface area contributed by atoms with E-state index in [1.165, 1.54) is 0 Å². The molecule has 0 aliphatic heterocycles. The van der Waals surface area contributed by atoms with Gasteiger partial charge in [0.2, 0.25) is 0 Å². The molecule has 0 bridgehead atoms. The van der Waals surface area contributed by atoms with Crippen LogP contribution >= 0.6 is 0 Å². The lowest BCUT2D eigenvalue weighted by Gasteiger charge is -2.14. The monoisotopic (exact) mass is 248 g/mol. The van der Waals surface area contributed by atoms with Gasteiger partial charge in [0, 0.05) is 0 Å². The highest BCUT2D eigenvalue weighted by Gasteiger charge is 2.15. The number of carbonyl (C=O) groups is 1. The largest absolute Gasteiger partial charge is 0.462 e. The Bertz CT molecular complexity index is 473. The highest BCUT2D eigenvalue weighted by Crippen LogP contribution is 2.25. The predicted octanol–water partition coefficient (Wildman–Crippen LogP) is 3.78. The van der Waals surface area contributed by atoms with Crippen LogP contribution in [0.3, 0.4) is 0 Å². The molecule has 0 spiro atoms. The fourth-order valence-corrected chi connectivity index (χ4v) is 1.58. The smallest absolute Gasteiger partial charge is 0.338 e. The van der Waals surface area contributed by atoms with Crippen LogP contribution in [0.2, 0.25) is 0 Å². The van der Waals surface area contributed by atoms with Crippen molar-refractivity contribution in [1.82, 2.24) is 0 Å². The molecule has 0 aromatic heterocycles. The number of allylic oxidation sites excluding steroid dienone is 1. The average Bonchev–Trinajstić information content (AvgIpc) is 2.21. The molecule has 0 fully saturated rings. The van der Waals surface area contributed by atoms with Gasteiger partial charge in [0.05, 0.1) is 17.4 Å². The number of hydrogen-bond acceptors (Lipinski definition) is 3. The fraction of sp³-hybridized carbons (Fsp3) is 0.400. The van der Waals surface area contributed by atoms with Crippen LogP contribution in [0.5, 0.6) is 5.75 Å². The highest BCUT2D eigenvalue weighted by molar-refractivity contribution is 5.91. The molecular formula is C15H20O3. The maximum absolute atomic E-state index is 11.9. The van der Waals surface area contributed by atoms with E-state index in [0.717, 1.165) is 16.9 Å². The van der Waals surface area contributed by atoms with Crippen molar-refractivity contribution in [1.29, 1.82) is 0 Å². The van der Waals surface area contributed by atoms with E-state index in [9.17, 15) is 4.79 Å². The molecular weight excluding hydrogens is 228 g/mol. The Morgan fingerprint density at radius 2 is 1.83 bits per heavy atom. The van der Waals surface area contributed by atoms with Gasteiger partial charge in [-0.25, -0.2) is 4.79 Å². The van der Waals surface area contributed by atoms with Crippen LogP contribution in [0.4, 0.5) is 0 Å². The molecule has 0 aliphatic carbocycles. The number of benzene rings is 1. The number of rotatable bonds is 4. The zero-order valence-corrected chi connectivity index (χ0v) is 11.7. The van der Waals surface area contributed by atoms with Gasteiger partial charge in [0.25, 0.3) is 0 Å². The fourth-order valence-electron chi connectivity index (χ4n) is 1.58. The first-order valence-corrected chi connectivity index (χ1v) is 5.97. The minimum absolute atomic E-state index is 0.122. The maximum Gasteiger partial charge on any atom is 0.338 e. The minimum Gasteiger partial charge on any atom is -0.462 e. The Balaban J connectivity index is 3.06. The molecule has 0 heterocycles. The second kappa shape index (κ2) is 5.71. The van der Waals surface area contributed by atoms with Gasteiger partial charge in [0.1, 0.15) is 5.75 Å². The lowest BCUT2D eigenvalue weighted by molar-refractivity contribution is 0.0377. The summed E-state index contributed by atoms with van der Waals surface area (Å²) in [5.41, 5.74) is 2.30. The molecule has 0 amide bonds. The van der Waals surface area contributed by atoms with Gasteiger partial charge >= 0.3 is 5.97 Å². The molecule has 3 heteroatoms. The van der Waals surface area contributed by atoms with Crippen molar-refractivity contribution in [2.45, 2.75) is 40.7 Å². The molecule has 3 nitrogen and oxygen atoms in total. The Labute approximate surface area is 108 Å². The lowest BCUT2D eigenvalue weighted by atomic mass is 10.0.